The molecule has 0 saturated heterocycles. The molecule has 0 aliphatic rings. The first-order valence-electron chi connectivity index (χ1n) is 5.77. The van der Waals surface area contributed by atoms with Crippen LogP contribution in [0, 0.1) is 11.3 Å². The van der Waals surface area contributed by atoms with Crippen LogP contribution in [0.4, 0.5) is 26.3 Å². The predicted octanol–water partition coefficient (Wildman–Crippen LogP) is 4.26. The van der Waals surface area contributed by atoms with Gasteiger partial charge in [0.05, 0.1) is 6.61 Å². The zero-order chi connectivity index (χ0) is 16.4. The average molecular weight is 306 g/mol. The molecule has 0 heterocycles. The fraction of sp³-hybridized carbons (Fsp3) is 0.750. The number of rotatable bonds is 5. The smallest absolute Gasteiger partial charge is 0.403 e. The second-order valence-electron chi connectivity index (χ2n) is 4.65. The molecule has 0 spiro atoms. The predicted molar refractivity (Wildman–Crippen MR) is 59.8 cm³/mol. The molecule has 0 radical (unpaired) electrons. The fourth-order valence-electron chi connectivity index (χ4n) is 1.33. The highest BCUT2D eigenvalue weighted by molar-refractivity contribution is 5.87. The largest absolute Gasteiger partial charge is 0.462 e. The summed E-state index contributed by atoms with van der Waals surface area (Å²) in [4.78, 5) is 11.2. The molecule has 1 unspecified atom stereocenters. The summed E-state index contributed by atoms with van der Waals surface area (Å²) in [7, 11) is 0. The van der Waals surface area contributed by atoms with E-state index in [4.69, 9.17) is 0 Å². The highest BCUT2D eigenvalue weighted by atomic mass is 19.4. The average Bonchev–Trinajstić information content (AvgIpc) is 2.30. The SMILES string of the molecule is C=C(CC)C(=O)OCC(C)C(C)(C(F)(F)F)C(F)(F)F. The van der Waals surface area contributed by atoms with Gasteiger partial charge in [-0.15, -0.1) is 0 Å². The molecule has 0 aromatic carbocycles. The van der Waals surface area contributed by atoms with E-state index in [-0.39, 0.29) is 18.9 Å². The minimum atomic E-state index is -5.50. The summed E-state index contributed by atoms with van der Waals surface area (Å²) in [6, 6.07) is 0. The van der Waals surface area contributed by atoms with E-state index in [1.165, 1.54) is 0 Å². The fourth-order valence-corrected chi connectivity index (χ4v) is 1.33. The monoisotopic (exact) mass is 306 g/mol. The van der Waals surface area contributed by atoms with E-state index < -0.39 is 36.3 Å². The van der Waals surface area contributed by atoms with Gasteiger partial charge in [0.15, 0.2) is 5.41 Å². The first kappa shape index (κ1) is 18.8. The Morgan fingerprint density at radius 2 is 1.55 bits per heavy atom. The quantitative estimate of drug-likeness (QED) is 0.431. The van der Waals surface area contributed by atoms with Gasteiger partial charge in [0.1, 0.15) is 0 Å². The van der Waals surface area contributed by atoms with Gasteiger partial charge in [-0.3, -0.25) is 0 Å². The van der Waals surface area contributed by atoms with Crippen molar-refractivity contribution in [2.75, 3.05) is 6.61 Å². The van der Waals surface area contributed by atoms with E-state index in [0.717, 1.165) is 6.92 Å². The van der Waals surface area contributed by atoms with Gasteiger partial charge in [-0.1, -0.05) is 20.4 Å². The van der Waals surface area contributed by atoms with Gasteiger partial charge in [-0.25, -0.2) is 4.79 Å². The van der Waals surface area contributed by atoms with E-state index in [9.17, 15) is 31.1 Å². The number of carbonyl (C=O) groups excluding carboxylic acids is 1. The lowest BCUT2D eigenvalue weighted by Gasteiger charge is -2.38. The molecular weight excluding hydrogens is 290 g/mol. The van der Waals surface area contributed by atoms with Crippen LogP contribution in [0.2, 0.25) is 0 Å². The van der Waals surface area contributed by atoms with Gasteiger partial charge in [-0.05, 0) is 13.3 Å². The zero-order valence-corrected chi connectivity index (χ0v) is 11.3. The van der Waals surface area contributed by atoms with Crippen LogP contribution in [0.25, 0.3) is 0 Å². The van der Waals surface area contributed by atoms with E-state index in [0.29, 0.717) is 0 Å². The Kier molecular flexibility index (Phi) is 5.68. The topological polar surface area (TPSA) is 26.3 Å². The summed E-state index contributed by atoms with van der Waals surface area (Å²) < 4.78 is 80.8. The number of alkyl halides is 6. The molecule has 8 heteroatoms. The summed E-state index contributed by atoms with van der Waals surface area (Å²) in [6.45, 7) is 4.65. The molecule has 0 aromatic heterocycles. The van der Waals surface area contributed by atoms with Crippen LogP contribution in [-0.4, -0.2) is 24.9 Å². The van der Waals surface area contributed by atoms with Crippen molar-refractivity contribution in [1.29, 1.82) is 0 Å². The molecule has 0 aliphatic heterocycles. The van der Waals surface area contributed by atoms with Crippen molar-refractivity contribution in [3.05, 3.63) is 12.2 Å². The number of halogens is 6. The molecule has 1 atom stereocenters. The van der Waals surface area contributed by atoms with Crippen LogP contribution in [-0.2, 0) is 9.53 Å². The zero-order valence-electron chi connectivity index (χ0n) is 11.3. The minimum Gasteiger partial charge on any atom is -0.462 e. The molecule has 118 valence electrons. The van der Waals surface area contributed by atoms with E-state index in [1.807, 2.05) is 0 Å². The van der Waals surface area contributed by atoms with Crippen LogP contribution in [0.5, 0.6) is 0 Å². The van der Waals surface area contributed by atoms with Crippen molar-refractivity contribution in [3.8, 4) is 0 Å². The van der Waals surface area contributed by atoms with Crippen molar-refractivity contribution in [1.82, 2.24) is 0 Å². The Balaban J connectivity index is 5.08. The maximum Gasteiger partial charge on any atom is 0.403 e. The molecule has 20 heavy (non-hydrogen) atoms. The number of esters is 1. The summed E-state index contributed by atoms with van der Waals surface area (Å²) in [5.41, 5.74) is -3.97. The van der Waals surface area contributed by atoms with Crippen LogP contribution in [0.1, 0.15) is 27.2 Å². The Morgan fingerprint density at radius 1 is 1.15 bits per heavy atom. The van der Waals surface area contributed by atoms with Crippen molar-refractivity contribution >= 4 is 5.97 Å². The maximum absolute atomic E-state index is 12.7. The van der Waals surface area contributed by atoms with Crippen molar-refractivity contribution in [2.24, 2.45) is 11.3 Å². The number of ether oxygens (including phenoxy) is 1. The summed E-state index contributed by atoms with van der Waals surface area (Å²) in [6.07, 6.45) is -10.8. The number of hydrogen-bond donors (Lipinski definition) is 0. The summed E-state index contributed by atoms with van der Waals surface area (Å²) in [5, 5.41) is 0. The van der Waals surface area contributed by atoms with Gasteiger partial charge in [-0.2, -0.15) is 26.3 Å². The van der Waals surface area contributed by atoms with Crippen molar-refractivity contribution in [3.63, 3.8) is 0 Å². The number of carbonyl (C=O) groups is 1. The first-order valence-corrected chi connectivity index (χ1v) is 5.77. The Morgan fingerprint density at radius 3 is 1.85 bits per heavy atom. The van der Waals surface area contributed by atoms with Crippen LogP contribution >= 0.6 is 0 Å². The standard InChI is InChI=1S/C12H16F6O2/c1-5-7(2)9(19)20-6-8(3)10(4,11(13,14)15)12(16,17)18/h8H,2,5-6H2,1,3-4H3. The van der Waals surface area contributed by atoms with Crippen LogP contribution < -0.4 is 0 Å². The van der Waals surface area contributed by atoms with Crippen molar-refractivity contribution < 1.29 is 35.9 Å². The van der Waals surface area contributed by atoms with Gasteiger partial charge in [0.25, 0.3) is 0 Å². The molecular formula is C12H16F6O2. The van der Waals surface area contributed by atoms with E-state index in [2.05, 4.69) is 11.3 Å². The third-order valence-electron chi connectivity index (χ3n) is 3.34. The molecule has 0 N–H and O–H groups in total. The first-order chi connectivity index (χ1) is 8.79. The highest BCUT2D eigenvalue weighted by Crippen LogP contribution is 2.54. The van der Waals surface area contributed by atoms with E-state index >= 15 is 0 Å². The lowest BCUT2D eigenvalue weighted by molar-refractivity contribution is -0.352. The second-order valence-corrected chi connectivity index (χ2v) is 4.65. The highest BCUT2D eigenvalue weighted by Gasteiger charge is 2.69. The molecule has 0 rings (SSSR count). The second kappa shape index (κ2) is 6.05. The molecule has 2 nitrogen and oxygen atoms in total. The summed E-state index contributed by atoms with van der Waals surface area (Å²) in [5.74, 6) is -2.97. The van der Waals surface area contributed by atoms with Gasteiger partial charge in [0, 0.05) is 11.5 Å². The third-order valence-corrected chi connectivity index (χ3v) is 3.34. The molecule has 0 amide bonds. The minimum absolute atomic E-state index is 0.0158. The Labute approximate surface area is 112 Å². The normalized spacial score (nSPS) is 14.8. The van der Waals surface area contributed by atoms with Crippen LogP contribution in [0.3, 0.4) is 0 Å². The number of hydrogen-bond acceptors (Lipinski definition) is 2. The molecule has 0 saturated carbocycles. The molecule has 0 aliphatic carbocycles. The molecule has 0 bridgehead atoms. The lowest BCUT2D eigenvalue weighted by atomic mass is 9.77. The Hall–Kier alpha value is -1.21. The van der Waals surface area contributed by atoms with Crippen molar-refractivity contribution in [2.45, 2.75) is 39.5 Å². The van der Waals surface area contributed by atoms with Gasteiger partial charge < -0.3 is 4.74 Å². The van der Waals surface area contributed by atoms with Gasteiger partial charge in [0.2, 0.25) is 0 Å². The maximum atomic E-state index is 12.7. The summed E-state index contributed by atoms with van der Waals surface area (Å²) >= 11 is 0. The Bertz CT molecular complexity index is 355. The van der Waals surface area contributed by atoms with E-state index in [1.54, 1.807) is 6.92 Å². The molecule has 0 fully saturated rings. The third kappa shape index (κ3) is 3.67. The molecule has 0 aromatic rings. The lowest BCUT2D eigenvalue weighted by Crippen LogP contribution is -2.53. The van der Waals surface area contributed by atoms with Gasteiger partial charge >= 0.3 is 18.3 Å². The van der Waals surface area contributed by atoms with Crippen LogP contribution in [0.15, 0.2) is 12.2 Å².